The fourth-order valence-corrected chi connectivity index (χ4v) is 0.840. The summed E-state index contributed by atoms with van der Waals surface area (Å²) in [5.74, 6) is 0.205. The molecule has 0 fully saturated rings. The highest BCUT2D eigenvalue weighted by Crippen LogP contribution is 2.26. The van der Waals surface area contributed by atoms with E-state index >= 15 is 0 Å². The molecule has 60 valence electrons. The molecule has 0 aliphatic heterocycles. The van der Waals surface area contributed by atoms with Crippen molar-refractivity contribution in [1.82, 2.24) is 4.98 Å². The minimum Gasteiger partial charge on any atom is -0.479 e. The summed E-state index contributed by atoms with van der Waals surface area (Å²) in [6, 6.07) is 0. The van der Waals surface area contributed by atoms with Crippen molar-refractivity contribution in [3.63, 3.8) is 0 Å². The van der Waals surface area contributed by atoms with E-state index in [-0.39, 0.29) is 11.6 Å². The third-order valence-electron chi connectivity index (χ3n) is 1.60. The van der Waals surface area contributed by atoms with Gasteiger partial charge < -0.3 is 4.74 Å². The molecule has 4 nitrogen and oxygen atoms in total. The van der Waals surface area contributed by atoms with Crippen LogP contribution in [0.15, 0.2) is 11.4 Å². The molecule has 0 N–H and O–H groups in total. The van der Waals surface area contributed by atoms with Crippen molar-refractivity contribution in [3.05, 3.63) is 16.7 Å². The van der Waals surface area contributed by atoms with Crippen molar-refractivity contribution in [2.45, 2.75) is 6.92 Å². The SMILES string of the molecule is [B]c1cnc(OC)c(N=O)c1C. The third-order valence-corrected chi connectivity index (χ3v) is 1.60. The van der Waals surface area contributed by atoms with Gasteiger partial charge in [-0.05, 0) is 17.7 Å². The van der Waals surface area contributed by atoms with Crippen LogP contribution >= 0.6 is 0 Å². The van der Waals surface area contributed by atoms with Crippen LogP contribution in [0.3, 0.4) is 0 Å². The van der Waals surface area contributed by atoms with E-state index in [4.69, 9.17) is 12.6 Å². The maximum atomic E-state index is 10.3. The molecule has 0 aliphatic carbocycles. The van der Waals surface area contributed by atoms with E-state index in [1.54, 1.807) is 6.92 Å². The first-order valence-electron chi connectivity index (χ1n) is 3.33. The summed E-state index contributed by atoms with van der Waals surface area (Å²) in [5, 5.41) is 2.78. The molecule has 1 rings (SSSR count). The average molecular weight is 162 g/mol. The second kappa shape index (κ2) is 3.34. The van der Waals surface area contributed by atoms with Crippen molar-refractivity contribution in [1.29, 1.82) is 0 Å². The molecule has 1 heterocycles. The van der Waals surface area contributed by atoms with Crippen LogP contribution in [0.4, 0.5) is 5.69 Å². The number of pyridine rings is 1. The molecular formula is C7H7BN2O2. The molecule has 0 spiro atoms. The predicted molar refractivity (Wildman–Crippen MR) is 46.4 cm³/mol. The molecule has 5 heteroatoms. The smallest absolute Gasteiger partial charge is 0.243 e. The van der Waals surface area contributed by atoms with Gasteiger partial charge in [0, 0.05) is 6.20 Å². The normalized spacial score (nSPS) is 9.50. The Morgan fingerprint density at radius 3 is 2.83 bits per heavy atom. The number of hydrogen-bond acceptors (Lipinski definition) is 4. The van der Waals surface area contributed by atoms with Crippen LogP contribution in [0.1, 0.15) is 5.56 Å². The average Bonchev–Trinajstić information content (AvgIpc) is 2.09. The number of rotatable bonds is 2. The van der Waals surface area contributed by atoms with Crippen LogP contribution < -0.4 is 10.2 Å². The molecule has 1 aromatic rings. The van der Waals surface area contributed by atoms with E-state index in [0.717, 1.165) is 0 Å². The molecule has 0 amide bonds. The quantitative estimate of drug-likeness (QED) is 0.472. The Labute approximate surface area is 71.3 Å². The van der Waals surface area contributed by atoms with E-state index in [9.17, 15) is 4.91 Å². The first kappa shape index (κ1) is 8.71. The highest BCUT2D eigenvalue weighted by Gasteiger charge is 2.09. The van der Waals surface area contributed by atoms with Gasteiger partial charge in [-0.25, -0.2) is 4.98 Å². The van der Waals surface area contributed by atoms with Gasteiger partial charge >= 0.3 is 0 Å². The number of aromatic nitrogens is 1. The second-order valence-electron chi connectivity index (χ2n) is 2.29. The lowest BCUT2D eigenvalue weighted by Gasteiger charge is -2.05. The number of nitrogens with zero attached hydrogens (tertiary/aromatic N) is 2. The Morgan fingerprint density at radius 2 is 2.33 bits per heavy atom. The maximum absolute atomic E-state index is 10.3. The number of ether oxygens (including phenoxy) is 1. The first-order chi connectivity index (χ1) is 5.70. The zero-order chi connectivity index (χ0) is 9.14. The highest BCUT2D eigenvalue weighted by molar-refractivity contribution is 6.33. The minimum absolute atomic E-state index is 0.164. The summed E-state index contributed by atoms with van der Waals surface area (Å²) in [5.41, 5.74) is 1.19. The Bertz CT molecular complexity index is 315. The number of hydrogen-bond donors (Lipinski definition) is 0. The lowest BCUT2D eigenvalue weighted by Crippen LogP contribution is -2.09. The Morgan fingerprint density at radius 1 is 1.67 bits per heavy atom. The molecule has 0 bridgehead atoms. The van der Waals surface area contributed by atoms with Gasteiger partial charge in [0.1, 0.15) is 7.85 Å². The second-order valence-corrected chi connectivity index (χ2v) is 2.29. The summed E-state index contributed by atoms with van der Waals surface area (Å²) in [7, 11) is 6.93. The van der Waals surface area contributed by atoms with Crippen molar-refractivity contribution >= 4 is 19.0 Å². The lowest BCUT2D eigenvalue weighted by molar-refractivity contribution is 0.399. The minimum atomic E-state index is 0.164. The Kier molecular flexibility index (Phi) is 2.42. The van der Waals surface area contributed by atoms with Crippen LogP contribution in [0.25, 0.3) is 0 Å². The van der Waals surface area contributed by atoms with Gasteiger partial charge in [-0.2, -0.15) is 0 Å². The molecule has 2 radical (unpaired) electrons. The van der Waals surface area contributed by atoms with Crippen molar-refractivity contribution < 1.29 is 4.74 Å². The molecule has 0 aliphatic rings. The molecule has 0 saturated heterocycles. The molecule has 0 saturated carbocycles. The van der Waals surface area contributed by atoms with Crippen LogP contribution in [0.2, 0.25) is 0 Å². The summed E-state index contributed by atoms with van der Waals surface area (Å²) < 4.78 is 4.81. The molecule has 0 unspecified atom stereocenters. The molecule has 0 aromatic carbocycles. The van der Waals surface area contributed by atoms with Gasteiger partial charge in [-0.15, -0.1) is 4.91 Å². The molecule has 1 aromatic heterocycles. The van der Waals surface area contributed by atoms with Gasteiger partial charge in [-0.1, -0.05) is 5.46 Å². The first-order valence-corrected chi connectivity index (χ1v) is 3.33. The lowest BCUT2D eigenvalue weighted by atomic mass is 9.93. The predicted octanol–water partition coefficient (Wildman–Crippen LogP) is 0.590. The van der Waals surface area contributed by atoms with E-state index in [2.05, 4.69) is 10.2 Å². The topological polar surface area (TPSA) is 51.6 Å². The Hall–Kier alpha value is -1.39. The van der Waals surface area contributed by atoms with E-state index in [1.165, 1.54) is 13.3 Å². The molecular weight excluding hydrogens is 155 g/mol. The van der Waals surface area contributed by atoms with Gasteiger partial charge in [0.15, 0.2) is 5.69 Å². The van der Waals surface area contributed by atoms with Gasteiger partial charge in [0.05, 0.1) is 7.11 Å². The number of methoxy groups -OCH3 is 1. The van der Waals surface area contributed by atoms with Gasteiger partial charge in [-0.3, -0.25) is 0 Å². The largest absolute Gasteiger partial charge is 0.479 e. The molecule has 0 atom stereocenters. The van der Waals surface area contributed by atoms with Crippen LogP contribution in [-0.2, 0) is 0 Å². The van der Waals surface area contributed by atoms with Crippen molar-refractivity contribution in [3.8, 4) is 5.88 Å². The zero-order valence-electron chi connectivity index (χ0n) is 6.87. The fourth-order valence-electron chi connectivity index (χ4n) is 0.840. The highest BCUT2D eigenvalue weighted by atomic mass is 16.5. The van der Waals surface area contributed by atoms with E-state index in [0.29, 0.717) is 11.0 Å². The van der Waals surface area contributed by atoms with Crippen LogP contribution in [0.5, 0.6) is 5.88 Å². The van der Waals surface area contributed by atoms with Crippen molar-refractivity contribution in [2.24, 2.45) is 5.18 Å². The Balaban J connectivity index is 3.35. The third kappa shape index (κ3) is 1.30. The summed E-state index contributed by atoms with van der Waals surface area (Å²) >= 11 is 0. The van der Waals surface area contributed by atoms with Crippen molar-refractivity contribution in [2.75, 3.05) is 7.11 Å². The van der Waals surface area contributed by atoms with E-state index < -0.39 is 0 Å². The summed E-state index contributed by atoms with van der Waals surface area (Å²) in [6.45, 7) is 1.69. The standard InChI is InChI=1S/C7H7BN2O2/c1-4-5(8)3-9-7(12-2)6(4)10-11/h3H,1-2H3. The van der Waals surface area contributed by atoms with Gasteiger partial charge in [0.25, 0.3) is 0 Å². The summed E-state index contributed by atoms with van der Waals surface area (Å²) in [6.07, 6.45) is 1.43. The fraction of sp³-hybridized carbons (Fsp3) is 0.286. The van der Waals surface area contributed by atoms with Crippen LogP contribution in [-0.4, -0.2) is 19.9 Å². The van der Waals surface area contributed by atoms with E-state index in [1.807, 2.05) is 0 Å². The zero-order valence-corrected chi connectivity index (χ0v) is 6.87. The molecule has 12 heavy (non-hydrogen) atoms. The summed E-state index contributed by atoms with van der Waals surface area (Å²) in [4.78, 5) is 14.1. The maximum Gasteiger partial charge on any atom is 0.243 e. The monoisotopic (exact) mass is 162 g/mol. The number of nitroso groups, excluding NO2 is 1. The van der Waals surface area contributed by atoms with Gasteiger partial charge in [0.2, 0.25) is 5.88 Å². The van der Waals surface area contributed by atoms with Crippen LogP contribution in [0, 0.1) is 11.8 Å².